The van der Waals surface area contributed by atoms with Crippen molar-refractivity contribution in [2.45, 2.75) is 32.4 Å². The molecule has 4 rings (SSSR count). The van der Waals surface area contributed by atoms with Gasteiger partial charge in [-0.1, -0.05) is 36.4 Å². The Hall–Kier alpha value is -3.99. The smallest absolute Gasteiger partial charge is 0.163 e. The first kappa shape index (κ1) is 22.2. The third-order valence-corrected chi connectivity index (χ3v) is 5.34. The highest BCUT2D eigenvalue weighted by Gasteiger charge is 2.16. The van der Waals surface area contributed by atoms with E-state index in [-0.39, 0.29) is 18.0 Å². The van der Waals surface area contributed by atoms with Gasteiger partial charge < -0.3 is 10.1 Å². The van der Waals surface area contributed by atoms with Crippen molar-refractivity contribution in [3.63, 3.8) is 0 Å². The number of carbonyl (C=O) groups excluding carboxylic acids is 2. The summed E-state index contributed by atoms with van der Waals surface area (Å²) in [7, 11) is 0. The number of aromatic nitrogens is 1. The van der Waals surface area contributed by atoms with Crippen molar-refractivity contribution >= 4 is 29.4 Å². The average molecular weight is 439 g/mol. The summed E-state index contributed by atoms with van der Waals surface area (Å²) in [6, 6.07) is 19.6. The van der Waals surface area contributed by atoms with E-state index in [2.05, 4.69) is 23.3 Å². The molecule has 1 atom stereocenters. The van der Waals surface area contributed by atoms with Crippen LogP contribution in [0.4, 0.5) is 5.69 Å². The summed E-state index contributed by atoms with van der Waals surface area (Å²) >= 11 is 0. The lowest BCUT2D eigenvalue weighted by Crippen LogP contribution is -2.08. The number of nitrogens with one attached hydrogen (secondary N) is 1. The van der Waals surface area contributed by atoms with E-state index in [1.807, 2.05) is 54.6 Å². The molecule has 2 aromatic carbocycles. The summed E-state index contributed by atoms with van der Waals surface area (Å²) in [5.74, 6) is 0.173. The monoisotopic (exact) mass is 438 g/mol. The van der Waals surface area contributed by atoms with Crippen molar-refractivity contribution in [1.82, 2.24) is 4.98 Å². The number of nitrogens with zero attached hydrogens (tertiary/aromatic N) is 1. The Balaban J connectivity index is 1.32. The topological polar surface area (TPSA) is 68.3 Å². The van der Waals surface area contributed by atoms with Gasteiger partial charge in [0.25, 0.3) is 0 Å². The van der Waals surface area contributed by atoms with Crippen LogP contribution in [-0.4, -0.2) is 22.6 Å². The molecule has 0 spiro atoms. The van der Waals surface area contributed by atoms with Crippen LogP contribution < -0.4 is 10.1 Å². The Morgan fingerprint density at radius 1 is 1.03 bits per heavy atom. The van der Waals surface area contributed by atoms with Gasteiger partial charge in [0, 0.05) is 23.5 Å². The number of ether oxygens (including phenoxy) is 1. The minimum Gasteiger partial charge on any atom is -0.487 e. The van der Waals surface area contributed by atoms with Gasteiger partial charge in [-0.05, 0) is 73.0 Å². The summed E-state index contributed by atoms with van der Waals surface area (Å²) in [6.07, 6.45) is 8.87. The Labute approximate surface area is 193 Å². The third kappa shape index (κ3) is 6.26. The van der Waals surface area contributed by atoms with Crippen LogP contribution in [0.25, 0.3) is 12.2 Å². The normalized spacial score (nSPS) is 14.9. The zero-order chi connectivity index (χ0) is 23.0. The first-order valence-electron chi connectivity index (χ1n) is 11.0. The van der Waals surface area contributed by atoms with Gasteiger partial charge in [-0.25, -0.2) is 0 Å². The zero-order valence-electron chi connectivity index (χ0n) is 18.5. The molecule has 1 aromatic heterocycles. The minimum atomic E-state index is -0.254. The summed E-state index contributed by atoms with van der Waals surface area (Å²) in [4.78, 5) is 28.8. The first-order chi connectivity index (χ1) is 16.1. The number of pyridine rings is 1. The molecule has 2 heterocycles. The van der Waals surface area contributed by atoms with E-state index >= 15 is 0 Å². The second kappa shape index (κ2) is 10.6. The molecule has 5 heteroatoms. The SMILES string of the molecule is CC1Cc2cc(/C=C/C(=O)CC(=O)/C=C/c3ccccc3OCc3ccccn3)ccc2N1. The summed E-state index contributed by atoms with van der Waals surface area (Å²) in [5, 5.41) is 3.41. The maximum Gasteiger partial charge on any atom is 0.163 e. The lowest BCUT2D eigenvalue weighted by Gasteiger charge is -2.08. The third-order valence-electron chi connectivity index (χ3n) is 5.34. The van der Waals surface area contributed by atoms with Crippen LogP contribution in [0, 0.1) is 0 Å². The number of hydrogen-bond donors (Lipinski definition) is 1. The molecule has 1 N–H and O–H groups in total. The van der Waals surface area contributed by atoms with Gasteiger partial charge in [-0.2, -0.15) is 0 Å². The number of carbonyl (C=O) groups is 2. The minimum absolute atomic E-state index is 0.173. The van der Waals surface area contributed by atoms with Gasteiger partial charge in [0.2, 0.25) is 0 Å². The number of benzene rings is 2. The van der Waals surface area contributed by atoms with Gasteiger partial charge in [0.15, 0.2) is 11.6 Å². The Bertz CT molecular complexity index is 1200. The molecule has 1 aliphatic heterocycles. The Kier molecular flexibility index (Phi) is 7.10. The van der Waals surface area contributed by atoms with Crippen molar-refractivity contribution in [3.8, 4) is 5.75 Å². The van der Waals surface area contributed by atoms with E-state index in [0.717, 1.165) is 28.9 Å². The molecule has 0 fully saturated rings. The largest absolute Gasteiger partial charge is 0.487 e. The lowest BCUT2D eigenvalue weighted by atomic mass is 10.1. The standard InChI is InChI=1S/C28H26N2O3/c1-20-16-23-17-21(10-14-27(23)30-20)9-12-25(31)18-26(32)13-11-22-6-2-3-8-28(22)33-19-24-7-4-5-15-29-24/h2-15,17,20,30H,16,18-19H2,1H3/b12-9+,13-11+. The van der Waals surface area contributed by atoms with Crippen molar-refractivity contribution in [2.24, 2.45) is 0 Å². The average Bonchev–Trinajstić information content (AvgIpc) is 3.20. The second-order valence-electron chi connectivity index (χ2n) is 8.09. The van der Waals surface area contributed by atoms with Crippen LogP contribution in [-0.2, 0) is 22.6 Å². The van der Waals surface area contributed by atoms with E-state index in [1.165, 1.54) is 17.7 Å². The van der Waals surface area contributed by atoms with E-state index < -0.39 is 0 Å². The highest BCUT2D eigenvalue weighted by atomic mass is 16.5. The van der Waals surface area contributed by atoms with Crippen molar-refractivity contribution < 1.29 is 14.3 Å². The molecule has 3 aromatic rings. The lowest BCUT2D eigenvalue weighted by molar-refractivity contribution is -0.121. The molecule has 166 valence electrons. The van der Waals surface area contributed by atoms with Crippen molar-refractivity contribution in [2.75, 3.05) is 5.32 Å². The highest BCUT2D eigenvalue weighted by Crippen LogP contribution is 2.27. The molecule has 0 saturated heterocycles. The van der Waals surface area contributed by atoms with Crippen molar-refractivity contribution in [3.05, 3.63) is 101 Å². The zero-order valence-corrected chi connectivity index (χ0v) is 18.5. The molecule has 0 radical (unpaired) electrons. The highest BCUT2D eigenvalue weighted by molar-refractivity contribution is 6.11. The predicted octanol–water partition coefficient (Wildman–Crippen LogP) is 5.27. The molecule has 5 nitrogen and oxygen atoms in total. The van der Waals surface area contributed by atoms with Gasteiger partial charge >= 0.3 is 0 Å². The second-order valence-corrected chi connectivity index (χ2v) is 8.09. The molecule has 0 amide bonds. The van der Waals surface area contributed by atoms with Crippen LogP contribution >= 0.6 is 0 Å². The van der Waals surface area contributed by atoms with E-state index in [0.29, 0.717) is 18.4 Å². The maximum absolute atomic E-state index is 12.3. The molecule has 33 heavy (non-hydrogen) atoms. The molecular weight excluding hydrogens is 412 g/mol. The van der Waals surface area contributed by atoms with Gasteiger partial charge in [-0.15, -0.1) is 0 Å². The van der Waals surface area contributed by atoms with E-state index in [1.54, 1.807) is 18.3 Å². The fourth-order valence-electron chi connectivity index (χ4n) is 3.72. The van der Waals surface area contributed by atoms with E-state index in [4.69, 9.17) is 4.74 Å². The van der Waals surface area contributed by atoms with Crippen LogP contribution in [0.2, 0.25) is 0 Å². The number of allylic oxidation sites excluding steroid dienone is 2. The maximum atomic E-state index is 12.3. The summed E-state index contributed by atoms with van der Waals surface area (Å²) in [5.41, 5.74) is 4.94. The number of fused-ring (bicyclic) bond motifs is 1. The molecular formula is C28H26N2O3. The first-order valence-corrected chi connectivity index (χ1v) is 11.0. The van der Waals surface area contributed by atoms with Gasteiger partial charge in [0.05, 0.1) is 12.1 Å². The van der Waals surface area contributed by atoms with Gasteiger partial charge in [-0.3, -0.25) is 14.6 Å². The number of ketones is 2. The Morgan fingerprint density at radius 3 is 2.64 bits per heavy atom. The van der Waals surface area contributed by atoms with Crippen molar-refractivity contribution in [1.29, 1.82) is 0 Å². The number of anilines is 1. The van der Waals surface area contributed by atoms with Crippen LogP contribution in [0.1, 0.15) is 35.7 Å². The molecule has 0 aliphatic carbocycles. The number of para-hydroxylation sites is 1. The molecule has 1 unspecified atom stereocenters. The fourth-order valence-corrected chi connectivity index (χ4v) is 3.72. The predicted molar refractivity (Wildman–Crippen MR) is 131 cm³/mol. The number of rotatable bonds is 9. The number of hydrogen-bond acceptors (Lipinski definition) is 5. The van der Waals surface area contributed by atoms with Crippen LogP contribution in [0.5, 0.6) is 5.75 Å². The van der Waals surface area contributed by atoms with Crippen LogP contribution in [0.3, 0.4) is 0 Å². The quantitative estimate of drug-likeness (QED) is 0.364. The fraction of sp³-hybridized carbons (Fsp3) is 0.179. The molecule has 0 saturated carbocycles. The van der Waals surface area contributed by atoms with E-state index in [9.17, 15) is 9.59 Å². The van der Waals surface area contributed by atoms with Crippen LogP contribution in [0.15, 0.2) is 79.0 Å². The van der Waals surface area contributed by atoms with Gasteiger partial charge in [0.1, 0.15) is 12.4 Å². The summed E-state index contributed by atoms with van der Waals surface area (Å²) in [6.45, 7) is 2.48. The Morgan fingerprint density at radius 2 is 1.82 bits per heavy atom. The molecule has 1 aliphatic rings. The molecule has 0 bridgehead atoms. The summed E-state index contributed by atoms with van der Waals surface area (Å²) < 4.78 is 5.85.